The summed E-state index contributed by atoms with van der Waals surface area (Å²) >= 11 is 0. The number of aromatic nitrogens is 1. The summed E-state index contributed by atoms with van der Waals surface area (Å²) in [6.07, 6.45) is 3.03. The number of rotatable bonds is 1. The second-order valence-corrected chi connectivity index (χ2v) is 7.16. The van der Waals surface area contributed by atoms with Crippen LogP contribution in [0.2, 0.25) is 0 Å². The maximum Gasteiger partial charge on any atom is 0.240 e. The number of anilines is 1. The van der Waals surface area contributed by atoms with Crippen molar-refractivity contribution in [1.82, 2.24) is 4.98 Å². The minimum atomic E-state index is -0.561. The van der Waals surface area contributed by atoms with Crippen LogP contribution in [0.4, 0.5) is 5.69 Å². The number of carbonyl (C=O) groups excluding carboxylic acids is 2. The number of nitriles is 1. The molecule has 1 aromatic heterocycles. The monoisotopic (exact) mass is 311 g/mol. The standard InChI is InChI=1S/C17H17N3O3/c1-9-6-10(7-18)19-8-11(9)20-14(21)12-13(15(20)22)17(3)5-4-16(12,2)23-17/h6,8,12-13H,4-5H2,1-3H3/t12-,13+,16-,17+. The molecular formula is C17H17N3O3. The van der Waals surface area contributed by atoms with Gasteiger partial charge in [0.25, 0.3) is 0 Å². The van der Waals surface area contributed by atoms with E-state index in [2.05, 4.69) is 4.98 Å². The maximum absolute atomic E-state index is 13.0. The highest BCUT2D eigenvalue weighted by Gasteiger charge is 2.72. The molecule has 0 aromatic carbocycles. The molecule has 1 aromatic rings. The van der Waals surface area contributed by atoms with Gasteiger partial charge in [-0.25, -0.2) is 9.88 Å². The zero-order chi connectivity index (χ0) is 16.6. The first kappa shape index (κ1) is 14.3. The third-order valence-corrected chi connectivity index (χ3v) is 5.64. The van der Waals surface area contributed by atoms with Crippen LogP contribution < -0.4 is 4.90 Å². The average molecular weight is 311 g/mol. The predicted octanol–water partition coefficient (Wildman–Crippen LogP) is 1.71. The Hall–Kier alpha value is -2.26. The van der Waals surface area contributed by atoms with E-state index in [0.29, 0.717) is 11.3 Å². The molecule has 0 aliphatic carbocycles. The molecule has 23 heavy (non-hydrogen) atoms. The number of imide groups is 1. The highest BCUT2D eigenvalue weighted by molar-refractivity contribution is 6.23. The van der Waals surface area contributed by atoms with Crippen molar-refractivity contribution in [3.8, 4) is 6.07 Å². The molecule has 4 heterocycles. The van der Waals surface area contributed by atoms with Crippen LogP contribution >= 0.6 is 0 Å². The van der Waals surface area contributed by atoms with Gasteiger partial charge in [0.05, 0.1) is 34.9 Å². The van der Waals surface area contributed by atoms with Crippen LogP contribution in [0.25, 0.3) is 0 Å². The first-order valence-corrected chi connectivity index (χ1v) is 7.75. The van der Waals surface area contributed by atoms with E-state index >= 15 is 0 Å². The summed E-state index contributed by atoms with van der Waals surface area (Å²) in [5.74, 6) is -1.27. The number of pyridine rings is 1. The Balaban J connectivity index is 1.80. The van der Waals surface area contributed by atoms with Crippen molar-refractivity contribution in [3.05, 3.63) is 23.5 Å². The Morgan fingerprint density at radius 3 is 2.30 bits per heavy atom. The minimum Gasteiger partial charge on any atom is -0.367 e. The molecule has 0 spiro atoms. The largest absolute Gasteiger partial charge is 0.367 e. The van der Waals surface area contributed by atoms with Gasteiger partial charge in [-0.05, 0) is 45.2 Å². The lowest BCUT2D eigenvalue weighted by molar-refractivity contribution is -0.129. The second kappa shape index (κ2) is 4.18. The summed E-state index contributed by atoms with van der Waals surface area (Å²) in [4.78, 5) is 31.2. The Morgan fingerprint density at radius 1 is 1.26 bits per heavy atom. The molecule has 0 unspecified atom stereocenters. The van der Waals surface area contributed by atoms with E-state index in [-0.39, 0.29) is 17.5 Å². The summed E-state index contributed by atoms with van der Waals surface area (Å²) in [5.41, 5.74) is 0.318. The number of nitrogens with zero attached hydrogens (tertiary/aromatic N) is 3. The number of amides is 2. The number of hydrogen-bond acceptors (Lipinski definition) is 5. The minimum absolute atomic E-state index is 0.208. The van der Waals surface area contributed by atoms with Crippen molar-refractivity contribution < 1.29 is 14.3 Å². The van der Waals surface area contributed by atoms with Crippen molar-refractivity contribution in [2.45, 2.75) is 44.8 Å². The molecule has 0 N–H and O–H groups in total. The van der Waals surface area contributed by atoms with E-state index in [1.54, 1.807) is 13.0 Å². The molecule has 6 nitrogen and oxygen atoms in total. The van der Waals surface area contributed by atoms with Gasteiger partial charge in [0.2, 0.25) is 11.8 Å². The van der Waals surface area contributed by atoms with Gasteiger partial charge in [-0.3, -0.25) is 9.59 Å². The molecule has 4 rings (SSSR count). The summed E-state index contributed by atoms with van der Waals surface area (Å²) < 4.78 is 6.08. The van der Waals surface area contributed by atoms with E-state index in [9.17, 15) is 9.59 Å². The highest BCUT2D eigenvalue weighted by atomic mass is 16.5. The van der Waals surface area contributed by atoms with Crippen molar-refractivity contribution >= 4 is 17.5 Å². The predicted molar refractivity (Wildman–Crippen MR) is 80.3 cm³/mol. The number of carbonyl (C=O) groups is 2. The molecule has 6 heteroatoms. The lowest BCUT2D eigenvalue weighted by atomic mass is 9.69. The summed E-state index contributed by atoms with van der Waals surface area (Å²) in [6, 6.07) is 3.56. The number of aryl methyl sites for hydroxylation is 1. The van der Waals surface area contributed by atoms with Crippen LogP contribution in [0.15, 0.2) is 12.3 Å². The molecule has 0 saturated carbocycles. The van der Waals surface area contributed by atoms with Crippen LogP contribution in [0.5, 0.6) is 0 Å². The third-order valence-electron chi connectivity index (χ3n) is 5.64. The zero-order valence-corrected chi connectivity index (χ0v) is 13.3. The van der Waals surface area contributed by atoms with Gasteiger partial charge in [0.15, 0.2) is 0 Å². The summed E-state index contributed by atoms with van der Waals surface area (Å²) in [6.45, 7) is 5.64. The first-order chi connectivity index (χ1) is 10.8. The van der Waals surface area contributed by atoms with Crippen LogP contribution in [0.3, 0.4) is 0 Å². The molecule has 2 bridgehead atoms. The Morgan fingerprint density at radius 2 is 1.83 bits per heavy atom. The van der Waals surface area contributed by atoms with Gasteiger partial charge in [0.1, 0.15) is 11.8 Å². The molecule has 3 fully saturated rings. The second-order valence-electron chi connectivity index (χ2n) is 7.16. The zero-order valence-electron chi connectivity index (χ0n) is 13.3. The molecule has 3 aliphatic heterocycles. The van der Waals surface area contributed by atoms with Crippen molar-refractivity contribution in [2.24, 2.45) is 11.8 Å². The number of hydrogen-bond donors (Lipinski definition) is 0. The normalized spacial score (nSPS) is 38.1. The van der Waals surface area contributed by atoms with Crippen LogP contribution in [0, 0.1) is 30.1 Å². The van der Waals surface area contributed by atoms with Gasteiger partial charge in [-0.1, -0.05) is 0 Å². The van der Waals surface area contributed by atoms with E-state index in [0.717, 1.165) is 12.8 Å². The SMILES string of the molecule is Cc1cc(C#N)ncc1N1C(=O)[C@@H]2[C@H](C1=O)[C@@]1(C)CC[C@]2(C)O1. The maximum atomic E-state index is 13.0. The van der Waals surface area contributed by atoms with Crippen molar-refractivity contribution in [3.63, 3.8) is 0 Å². The Bertz CT molecular complexity index is 765. The molecule has 4 atom stereocenters. The van der Waals surface area contributed by atoms with E-state index in [4.69, 9.17) is 10.00 Å². The topological polar surface area (TPSA) is 83.3 Å². The van der Waals surface area contributed by atoms with Crippen molar-refractivity contribution in [2.75, 3.05) is 4.90 Å². The van der Waals surface area contributed by atoms with Gasteiger partial charge >= 0.3 is 0 Å². The number of fused-ring (bicyclic) bond motifs is 5. The van der Waals surface area contributed by atoms with Gasteiger partial charge in [-0.15, -0.1) is 0 Å². The van der Waals surface area contributed by atoms with Crippen molar-refractivity contribution in [1.29, 1.82) is 5.26 Å². The van der Waals surface area contributed by atoms with E-state index < -0.39 is 23.0 Å². The average Bonchev–Trinajstić information content (AvgIpc) is 3.04. The summed E-state index contributed by atoms with van der Waals surface area (Å²) in [5, 5.41) is 8.92. The van der Waals surface area contributed by atoms with Gasteiger partial charge in [-0.2, -0.15) is 5.26 Å². The quantitative estimate of drug-likeness (QED) is 0.737. The molecule has 118 valence electrons. The fourth-order valence-corrected chi connectivity index (χ4v) is 4.55. The Kier molecular flexibility index (Phi) is 2.60. The van der Waals surface area contributed by atoms with E-state index in [1.807, 2.05) is 19.9 Å². The molecule has 3 aliphatic rings. The third kappa shape index (κ3) is 1.63. The Labute approximate surface area is 134 Å². The lowest BCUT2D eigenvalue weighted by Gasteiger charge is -2.27. The van der Waals surface area contributed by atoms with Crippen LogP contribution in [-0.4, -0.2) is 28.0 Å². The van der Waals surface area contributed by atoms with E-state index in [1.165, 1.54) is 11.1 Å². The fourth-order valence-electron chi connectivity index (χ4n) is 4.55. The lowest BCUT2D eigenvalue weighted by Crippen LogP contribution is -2.40. The van der Waals surface area contributed by atoms with Crippen LogP contribution in [0.1, 0.15) is 37.9 Å². The highest BCUT2D eigenvalue weighted by Crippen LogP contribution is 2.60. The molecular weight excluding hydrogens is 294 g/mol. The summed E-state index contributed by atoms with van der Waals surface area (Å²) in [7, 11) is 0. The fraction of sp³-hybridized carbons (Fsp3) is 0.529. The molecule has 3 saturated heterocycles. The van der Waals surface area contributed by atoms with Gasteiger partial charge in [0, 0.05) is 0 Å². The smallest absolute Gasteiger partial charge is 0.240 e. The molecule has 0 radical (unpaired) electrons. The molecule has 2 amide bonds. The van der Waals surface area contributed by atoms with Gasteiger partial charge < -0.3 is 4.74 Å². The first-order valence-electron chi connectivity index (χ1n) is 7.75. The number of ether oxygens (including phenoxy) is 1. The van der Waals surface area contributed by atoms with Crippen LogP contribution in [-0.2, 0) is 14.3 Å².